The second kappa shape index (κ2) is 6.50. The van der Waals surface area contributed by atoms with Crippen molar-refractivity contribution in [2.24, 2.45) is 17.6 Å². The fourth-order valence-electron chi connectivity index (χ4n) is 2.27. The van der Waals surface area contributed by atoms with Gasteiger partial charge < -0.3 is 10.6 Å². The maximum absolute atomic E-state index is 12.1. The Kier molecular flexibility index (Phi) is 5.62. The van der Waals surface area contributed by atoms with Crippen LogP contribution in [0.3, 0.4) is 0 Å². The highest BCUT2D eigenvalue weighted by Crippen LogP contribution is 2.21. The fraction of sp³-hybridized carbons (Fsp3) is 0.917. The number of amides is 1. The molecule has 16 heavy (non-hydrogen) atoms. The average Bonchev–Trinajstić information content (AvgIpc) is 2.28. The zero-order chi connectivity index (χ0) is 12.1. The van der Waals surface area contributed by atoms with Crippen molar-refractivity contribution in [2.45, 2.75) is 32.7 Å². The third-order valence-corrected chi connectivity index (χ3v) is 4.18. The van der Waals surface area contributed by atoms with Crippen LogP contribution in [-0.2, 0) is 4.79 Å². The van der Waals surface area contributed by atoms with Gasteiger partial charge in [-0.2, -0.15) is 11.8 Å². The molecule has 0 aromatic carbocycles. The van der Waals surface area contributed by atoms with Gasteiger partial charge in [-0.25, -0.2) is 0 Å². The predicted molar refractivity (Wildman–Crippen MR) is 70.5 cm³/mol. The van der Waals surface area contributed by atoms with E-state index in [-0.39, 0.29) is 12.0 Å². The third-order valence-electron chi connectivity index (χ3n) is 3.35. The molecule has 1 aliphatic rings. The van der Waals surface area contributed by atoms with Crippen LogP contribution in [0.1, 0.15) is 26.7 Å². The summed E-state index contributed by atoms with van der Waals surface area (Å²) in [5.74, 6) is 1.85. The van der Waals surface area contributed by atoms with Crippen molar-refractivity contribution < 1.29 is 4.79 Å². The molecule has 3 nitrogen and oxygen atoms in total. The van der Waals surface area contributed by atoms with Gasteiger partial charge >= 0.3 is 0 Å². The van der Waals surface area contributed by atoms with Gasteiger partial charge in [-0.1, -0.05) is 6.92 Å². The zero-order valence-corrected chi connectivity index (χ0v) is 11.4. The highest BCUT2D eigenvalue weighted by atomic mass is 32.2. The predicted octanol–water partition coefficient (Wildman–Crippen LogP) is 1.57. The molecule has 1 saturated heterocycles. The number of nitrogens with zero attached hydrogens (tertiary/aromatic N) is 1. The van der Waals surface area contributed by atoms with Gasteiger partial charge in [0.2, 0.25) is 5.91 Å². The molecule has 1 aliphatic heterocycles. The minimum Gasteiger partial charge on any atom is -0.342 e. The molecule has 3 atom stereocenters. The molecular weight excluding hydrogens is 220 g/mol. The molecule has 0 bridgehead atoms. The van der Waals surface area contributed by atoms with E-state index in [1.165, 1.54) is 6.42 Å². The first-order chi connectivity index (χ1) is 7.56. The molecule has 2 N–H and O–H groups in total. The van der Waals surface area contributed by atoms with E-state index in [1.54, 1.807) is 11.8 Å². The molecule has 0 saturated carbocycles. The number of hydrogen-bond acceptors (Lipinski definition) is 3. The molecular formula is C12H24N2OS. The molecule has 0 unspecified atom stereocenters. The van der Waals surface area contributed by atoms with E-state index in [9.17, 15) is 4.79 Å². The Bertz CT molecular complexity index is 233. The molecule has 94 valence electrons. The Hall–Kier alpha value is -0.220. The topological polar surface area (TPSA) is 46.3 Å². The lowest BCUT2D eigenvalue weighted by atomic mass is 9.91. The summed E-state index contributed by atoms with van der Waals surface area (Å²) >= 11 is 1.74. The quantitative estimate of drug-likeness (QED) is 0.816. The maximum atomic E-state index is 12.1. The number of piperidine rings is 1. The van der Waals surface area contributed by atoms with Gasteiger partial charge in [0.25, 0.3) is 0 Å². The molecule has 0 aliphatic carbocycles. The number of thioether (sulfide) groups is 1. The summed E-state index contributed by atoms with van der Waals surface area (Å²) in [6.07, 6.45) is 4.31. The van der Waals surface area contributed by atoms with Crippen molar-refractivity contribution >= 4 is 17.7 Å². The molecule has 1 rings (SSSR count). The SMILES string of the molecule is CSC[C@H](C)C(=O)N1CCC[C@H]([C@@H](C)N)C1. The van der Waals surface area contributed by atoms with Crippen molar-refractivity contribution in [3.8, 4) is 0 Å². The molecule has 1 fully saturated rings. The highest BCUT2D eigenvalue weighted by molar-refractivity contribution is 7.98. The smallest absolute Gasteiger partial charge is 0.226 e. The first kappa shape index (κ1) is 13.8. The zero-order valence-electron chi connectivity index (χ0n) is 10.6. The summed E-state index contributed by atoms with van der Waals surface area (Å²) in [6, 6.07) is 0.200. The lowest BCUT2D eigenvalue weighted by molar-refractivity contribution is -0.136. The van der Waals surface area contributed by atoms with Crippen LogP contribution in [0.2, 0.25) is 0 Å². The van der Waals surface area contributed by atoms with E-state index >= 15 is 0 Å². The van der Waals surface area contributed by atoms with Crippen LogP contribution in [0.5, 0.6) is 0 Å². The summed E-state index contributed by atoms with van der Waals surface area (Å²) in [5.41, 5.74) is 5.92. The molecule has 0 aromatic rings. The van der Waals surface area contributed by atoms with E-state index in [2.05, 4.69) is 0 Å². The molecule has 1 amide bonds. The monoisotopic (exact) mass is 244 g/mol. The van der Waals surface area contributed by atoms with Crippen LogP contribution in [0.4, 0.5) is 0 Å². The van der Waals surface area contributed by atoms with Crippen molar-refractivity contribution in [1.29, 1.82) is 0 Å². The molecule has 0 aromatic heterocycles. The highest BCUT2D eigenvalue weighted by Gasteiger charge is 2.27. The summed E-state index contributed by atoms with van der Waals surface area (Å²) < 4.78 is 0. The summed E-state index contributed by atoms with van der Waals surface area (Å²) in [6.45, 7) is 5.84. The van der Waals surface area contributed by atoms with Gasteiger partial charge in [0.15, 0.2) is 0 Å². The van der Waals surface area contributed by atoms with Crippen molar-refractivity contribution in [3.05, 3.63) is 0 Å². The van der Waals surface area contributed by atoms with Crippen LogP contribution in [-0.4, -0.2) is 41.9 Å². The minimum absolute atomic E-state index is 0.141. The standard InChI is InChI=1S/C12H24N2OS/c1-9(8-16-3)12(15)14-6-4-5-11(7-14)10(2)13/h9-11H,4-8,13H2,1-3H3/t9-,10+,11-/m0/s1. The number of hydrogen-bond donors (Lipinski definition) is 1. The van der Waals surface area contributed by atoms with E-state index < -0.39 is 0 Å². The summed E-state index contributed by atoms with van der Waals surface area (Å²) in [5, 5.41) is 0. The Morgan fingerprint density at radius 1 is 1.56 bits per heavy atom. The maximum Gasteiger partial charge on any atom is 0.226 e. The van der Waals surface area contributed by atoms with Gasteiger partial charge in [0.1, 0.15) is 0 Å². The molecule has 0 spiro atoms. The third kappa shape index (κ3) is 3.67. The van der Waals surface area contributed by atoms with Gasteiger partial charge in [-0.05, 0) is 31.9 Å². The Balaban J connectivity index is 2.49. The molecule has 1 heterocycles. The molecule has 0 radical (unpaired) electrons. The first-order valence-corrected chi connectivity index (χ1v) is 7.49. The number of nitrogens with two attached hydrogens (primary N) is 1. The number of carbonyl (C=O) groups is 1. The molecule has 4 heteroatoms. The van der Waals surface area contributed by atoms with Crippen LogP contribution in [0.25, 0.3) is 0 Å². The van der Waals surface area contributed by atoms with Gasteiger partial charge in [0, 0.05) is 30.8 Å². The van der Waals surface area contributed by atoms with Crippen LogP contribution < -0.4 is 5.73 Å². The Labute approximate surface area is 103 Å². The number of rotatable bonds is 4. The first-order valence-electron chi connectivity index (χ1n) is 6.09. The largest absolute Gasteiger partial charge is 0.342 e. The van der Waals surface area contributed by atoms with E-state index in [0.29, 0.717) is 11.8 Å². The lowest BCUT2D eigenvalue weighted by Crippen LogP contribution is -2.47. The van der Waals surface area contributed by atoms with Crippen LogP contribution >= 0.6 is 11.8 Å². The Morgan fingerprint density at radius 2 is 2.25 bits per heavy atom. The average molecular weight is 244 g/mol. The number of carbonyl (C=O) groups excluding carboxylic acids is 1. The van der Waals surface area contributed by atoms with Crippen molar-refractivity contribution in [1.82, 2.24) is 4.90 Å². The van der Waals surface area contributed by atoms with Gasteiger partial charge in [-0.3, -0.25) is 4.79 Å². The second-order valence-corrected chi connectivity index (χ2v) is 5.81. The van der Waals surface area contributed by atoms with E-state index in [4.69, 9.17) is 5.73 Å². The normalized spacial score (nSPS) is 25.2. The summed E-state index contributed by atoms with van der Waals surface area (Å²) in [7, 11) is 0. The van der Waals surface area contributed by atoms with Crippen LogP contribution in [0.15, 0.2) is 0 Å². The summed E-state index contributed by atoms with van der Waals surface area (Å²) in [4.78, 5) is 14.1. The van der Waals surface area contributed by atoms with Crippen molar-refractivity contribution in [2.75, 3.05) is 25.1 Å². The van der Waals surface area contributed by atoms with E-state index in [0.717, 1.165) is 25.3 Å². The second-order valence-electron chi connectivity index (χ2n) is 4.90. The van der Waals surface area contributed by atoms with Crippen molar-refractivity contribution in [3.63, 3.8) is 0 Å². The number of likely N-dealkylation sites (tertiary alicyclic amines) is 1. The lowest BCUT2D eigenvalue weighted by Gasteiger charge is -2.36. The van der Waals surface area contributed by atoms with Gasteiger partial charge in [0.05, 0.1) is 0 Å². The minimum atomic E-state index is 0.141. The van der Waals surface area contributed by atoms with Crippen LogP contribution in [0, 0.1) is 11.8 Å². The van der Waals surface area contributed by atoms with Gasteiger partial charge in [-0.15, -0.1) is 0 Å². The fourth-order valence-corrected chi connectivity index (χ4v) is 2.91. The van der Waals surface area contributed by atoms with E-state index in [1.807, 2.05) is 25.0 Å². The Morgan fingerprint density at radius 3 is 2.81 bits per heavy atom.